The quantitative estimate of drug-likeness (QED) is 0.857. The second-order valence-electron chi connectivity index (χ2n) is 7.30. The Labute approximate surface area is 148 Å². The van der Waals surface area contributed by atoms with Crippen LogP contribution in [0, 0.1) is 0 Å². The molecule has 0 spiro atoms. The Morgan fingerprint density at radius 2 is 1.80 bits per heavy atom. The number of nitrogens with zero attached hydrogens (tertiary/aromatic N) is 3. The van der Waals surface area contributed by atoms with Crippen LogP contribution in [0.25, 0.3) is 11.1 Å². The molecule has 2 aromatic rings. The summed E-state index contributed by atoms with van der Waals surface area (Å²) in [7, 11) is 0. The molecule has 25 heavy (non-hydrogen) atoms. The van der Waals surface area contributed by atoms with Crippen molar-refractivity contribution in [2.45, 2.75) is 44.7 Å². The highest BCUT2D eigenvalue weighted by Crippen LogP contribution is 2.24. The molecule has 1 aromatic heterocycles. The Kier molecular flexibility index (Phi) is 4.66. The smallest absolute Gasteiger partial charge is 0.408 e. The minimum absolute atomic E-state index is 0.303. The SMILES string of the molecule is C=C(Cn1c(=O)oc2ccccc21)N1CCN(C2CCCCC2)CC1. The Balaban J connectivity index is 1.39. The summed E-state index contributed by atoms with van der Waals surface area (Å²) in [6, 6.07) is 8.35. The first-order valence-electron chi connectivity index (χ1n) is 9.47. The molecule has 1 aliphatic heterocycles. The lowest BCUT2D eigenvalue weighted by molar-refractivity contribution is 0.0923. The molecule has 1 saturated carbocycles. The Morgan fingerprint density at radius 1 is 1.08 bits per heavy atom. The summed E-state index contributed by atoms with van der Waals surface area (Å²) < 4.78 is 7.01. The standard InChI is InChI=1S/C20H27N3O2/c1-16(15-23-18-9-5-6-10-19(18)25-20(23)24)21-11-13-22(14-12-21)17-7-3-2-4-8-17/h5-6,9-10,17H,1-4,7-8,11-15H2. The number of para-hydroxylation sites is 2. The molecule has 134 valence electrons. The van der Waals surface area contributed by atoms with E-state index >= 15 is 0 Å². The van der Waals surface area contributed by atoms with Gasteiger partial charge in [0.15, 0.2) is 5.58 Å². The van der Waals surface area contributed by atoms with E-state index in [0.29, 0.717) is 12.1 Å². The van der Waals surface area contributed by atoms with Crippen LogP contribution < -0.4 is 5.76 Å². The van der Waals surface area contributed by atoms with E-state index in [0.717, 1.165) is 43.4 Å². The molecule has 2 heterocycles. The van der Waals surface area contributed by atoms with Crippen LogP contribution in [-0.2, 0) is 6.54 Å². The van der Waals surface area contributed by atoms with E-state index in [-0.39, 0.29) is 5.76 Å². The molecule has 2 aliphatic rings. The maximum atomic E-state index is 12.1. The van der Waals surface area contributed by atoms with E-state index in [1.54, 1.807) is 4.57 Å². The van der Waals surface area contributed by atoms with Gasteiger partial charge in [-0.1, -0.05) is 38.0 Å². The van der Waals surface area contributed by atoms with Gasteiger partial charge in [0, 0.05) is 37.9 Å². The molecule has 1 aliphatic carbocycles. The number of aromatic nitrogens is 1. The van der Waals surface area contributed by atoms with Crippen LogP contribution in [-0.4, -0.2) is 46.6 Å². The third-order valence-corrected chi connectivity index (χ3v) is 5.77. The van der Waals surface area contributed by atoms with E-state index in [4.69, 9.17) is 4.42 Å². The van der Waals surface area contributed by atoms with Crippen molar-refractivity contribution in [2.75, 3.05) is 26.2 Å². The van der Waals surface area contributed by atoms with Gasteiger partial charge in [-0.2, -0.15) is 0 Å². The fourth-order valence-electron chi connectivity index (χ4n) is 4.30. The molecule has 5 heteroatoms. The number of allylic oxidation sites excluding steroid dienone is 1. The Bertz CT molecular complexity index is 793. The number of benzene rings is 1. The molecule has 4 rings (SSSR count). The van der Waals surface area contributed by atoms with Crippen molar-refractivity contribution in [2.24, 2.45) is 0 Å². The Morgan fingerprint density at radius 3 is 2.56 bits per heavy atom. The fraction of sp³-hybridized carbons (Fsp3) is 0.550. The van der Waals surface area contributed by atoms with Crippen molar-refractivity contribution in [3.63, 3.8) is 0 Å². The summed E-state index contributed by atoms with van der Waals surface area (Å²) in [5.41, 5.74) is 2.48. The van der Waals surface area contributed by atoms with Crippen molar-refractivity contribution in [3.05, 3.63) is 47.1 Å². The van der Waals surface area contributed by atoms with Crippen LogP contribution in [0.2, 0.25) is 0 Å². The summed E-state index contributed by atoms with van der Waals surface area (Å²) in [5.74, 6) is -0.303. The largest absolute Gasteiger partial charge is 0.420 e. The van der Waals surface area contributed by atoms with Gasteiger partial charge in [0.1, 0.15) is 0 Å². The highest BCUT2D eigenvalue weighted by atomic mass is 16.4. The minimum atomic E-state index is -0.303. The lowest BCUT2D eigenvalue weighted by atomic mass is 9.94. The molecule has 0 unspecified atom stereocenters. The average Bonchev–Trinajstić information content (AvgIpc) is 2.98. The number of hydrogen-bond donors (Lipinski definition) is 0. The van der Waals surface area contributed by atoms with Gasteiger partial charge < -0.3 is 9.32 Å². The number of piperazine rings is 1. The predicted octanol–water partition coefficient (Wildman–Crippen LogP) is 3.06. The van der Waals surface area contributed by atoms with Crippen molar-refractivity contribution < 1.29 is 4.42 Å². The highest BCUT2D eigenvalue weighted by molar-refractivity contribution is 5.72. The molecule has 1 aromatic carbocycles. The fourth-order valence-corrected chi connectivity index (χ4v) is 4.30. The van der Waals surface area contributed by atoms with Crippen molar-refractivity contribution in [1.29, 1.82) is 0 Å². The molecular formula is C20H27N3O2. The molecule has 5 nitrogen and oxygen atoms in total. The molecule has 0 radical (unpaired) electrons. The maximum Gasteiger partial charge on any atom is 0.420 e. The average molecular weight is 341 g/mol. The minimum Gasteiger partial charge on any atom is -0.408 e. The van der Waals surface area contributed by atoms with Crippen LogP contribution >= 0.6 is 0 Å². The van der Waals surface area contributed by atoms with E-state index in [1.165, 1.54) is 32.1 Å². The van der Waals surface area contributed by atoms with Crippen LogP contribution in [0.3, 0.4) is 0 Å². The lowest BCUT2D eigenvalue weighted by Crippen LogP contribution is -2.50. The van der Waals surface area contributed by atoms with Gasteiger partial charge in [0.2, 0.25) is 0 Å². The first-order valence-corrected chi connectivity index (χ1v) is 9.47. The maximum absolute atomic E-state index is 12.1. The monoisotopic (exact) mass is 341 g/mol. The summed E-state index contributed by atoms with van der Waals surface area (Å²) in [6.07, 6.45) is 6.89. The number of oxazole rings is 1. The van der Waals surface area contributed by atoms with Gasteiger partial charge in [-0.15, -0.1) is 0 Å². The second-order valence-corrected chi connectivity index (χ2v) is 7.30. The molecule has 0 amide bonds. The third kappa shape index (κ3) is 3.38. The molecule has 0 atom stereocenters. The first kappa shape index (κ1) is 16.5. The number of hydrogen-bond acceptors (Lipinski definition) is 4. The zero-order valence-electron chi connectivity index (χ0n) is 14.8. The van der Waals surface area contributed by atoms with Crippen LogP contribution in [0.5, 0.6) is 0 Å². The predicted molar refractivity (Wildman–Crippen MR) is 99.6 cm³/mol. The van der Waals surface area contributed by atoms with Crippen LogP contribution in [0.1, 0.15) is 32.1 Å². The third-order valence-electron chi connectivity index (χ3n) is 5.77. The van der Waals surface area contributed by atoms with Gasteiger partial charge in [-0.3, -0.25) is 9.47 Å². The number of fused-ring (bicyclic) bond motifs is 1. The lowest BCUT2D eigenvalue weighted by Gasteiger charge is -2.42. The summed E-state index contributed by atoms with van der Waals surface area (Å²) in [6.45, 7) is 8.95. The first-order chi connectivity index (χ1) is 12.2. The van der Waals surface area contributed by atoms with Crippen LogP contribution in [0.15, 0.2) is 45.8 Å². The van der Waals surface area contributed by atoms with E-state index in [9.17, 15) is 4.79 Å². The zero-order chi connectivity index (χ0) is 17.2. The summed E-state index contributed by atoms with van der Waals surface area (Å²) >= 11 is 0. The van der Waals surface area contributed by atoms with Gasteiger partial charge in [-0.25, -0.2) is 4.79 Å². The van der Waals surface area contributed by atoms with Gasteiger partial charge in [0.05, 0.1) is 12.1 Å². The van der Waals surface area contributed by atoms with E-state index < -0.39 is 0 Å². The van der Waals surface area contributed by atoms with Gasteiger partial charge in [-0.05, 0) is 25.0 Å². The normalized spacial score (nSPS) is 20.2. The van der Waals surface area contributed by atoms with Crippen molar-refractivity contribution >= 4 is 11.1 Å². The number of rotatable bonds is 4. The van der Waals surface area contributed by atoms with Crippen molar-refractivity contribution in [3.8, 4) is 0 Å². The zero-order valence-corrected chi connectivity index (χ0v) is 14.8. The van der Waals surface area contributed by atoms with Crippen molar-refractivity contribution in [1.82, 2.24) is 14.4 Å². The highest BCUT2D eigenvalue weighted by Gasteiger charge is 2.25. The summed E-state index contributed by atoms with van der Waals surface area (Å²) in [4.78, 5) is 17.1. The summed E-state index contributed by atoms with van der Waals surface area (Å²) in [5, 5.41) is 0. The molecule has 1 saturated heterocycles. The topological polar surface area (TPSA) is 41.6 Å². The van der Waals surface area contributed by atoms with Gasteiger partial charge >= 0.3 is 5.76 Å². The van der Waals surface area contributed by atoms with E-state index in [1.807, 2.05) is 24.3 Å². The van der Waals surface area contributed by atoms with Gasteiger partial charge in [0.25, 0.3) is 0 Å². The molecular weight excluding hydrogens is 314 g/mol. The molecule has 0 N–H and O–H groups in total. The van der Waals surface area contributed by atoms with E-state index in [2.05, 4.69) is 16.4 Å². The second kappa shape index (κ2) is 7.08. The van der Waals surface area contributed by atoms with Crippen LogP contribution in [0.4, 0.5) is 0 Å². The molecule has 2 fully saturated rings. The Hall–Kier alpha value is -2.01. The molecule has 0 bridgehead atoms.